The molecule has 168 valence electrons. The molecule has 1 aliphatic rings. The normalized spacial score (nSPS) is 14.4. The Morgan fingerprint density at radius 1 is 0.875 bits per heavy atom. The van der Waals surface area contributed by atoms with Gasteiger partial charge in [0.1, 0.15) is 5.75 Å². The van der Waals surface area contributed by atoms with Crippen molar-refractivity contribution >= 4 is 16.7 Å². The standard InChI is InChI=1S/C25H28N2O5/c1-30-22-9-8-19(23(31-2)24(22)32-3)16-26-10-12-27(13-11-26)25(29)20-14-17-6-4-5-7-18(17)15-21(20)28/h4-9,14-15,28H,10-13,16H2,1-3H3. The highest BCUT2D eigenvalue weighted by atomic mass is 16.5. The summed E-state index contributed by atoms with van der Waals surface area (Å²) < 4.78 is 16.4. The molecule has 4 rings (SSSR count). The second-order valence-electron chi connectivity index (χ2n) is 7.78. The lowest BCUT2D eigenvalue weighted by Gasteiger charge is -2.35. The van der Waals surface area contributed by atoms with Crippen LogP contribution >= 0.6 is 0 Å². The molecule has 1 saturated heterocycles. The van der Waals surface area contributed by atoms with Gasteiger partial charge in [-0.2, -0.15) is 0 Å². The quantitative estimate of drug-likeness (QED) is 0.638. The van der Waals surface area contributed by atoms with E-state index in [1.807, 2.05) is 36.4 Å². The number of carbonyl (C=O) groups excluding carboxylic acids is 1. The van der Waals surface area contributed by atoms with Crippen LogP contribution in [-0.4, -0.2) is 68.3 Å². The fourth-order valence-corrected chi connectivity index (χ4v) is 4.21. The van der Waals surface area contributed by atoms with Gasteiger partial charge in [0.25, 0.3) is 5.91 Å². The highest BCUT2D eigenvalue weighted by Crippen LogP contribution is 2.40. The van der Waals surface area contributed by atoms with Gasteiger partial charge in [-0.05, 0) is 29.0 Å². The lowest BCUT2D eigenvalue weighted by molar-refractivity contribution is 0.0624. The minimum atomic E-state index is -0.142. The van der Waals surface area contributed by atoms with Crippen molar-refractivity contribution in [1.29, 1.82) is 0 Å². The van der Waals surface area contributed by atoms with Crippen molar-refractivity contribution in [2.75, 3.05) is 47.5 Å². The number of ether oxygens (including phenoxy) is 3. The van der Waals surface area contributed by atoms with E-state index in [1.54, 1.807) is 38.4 Å². The maximum Gasteiger partial charge on any atom is 0.257 e. The van der Waals surface area contributed by atoms with Crippen molar-refractivity contribution in [3.63, 3.8) is 0 Å². The number of hydrogen-bond donors (Lipinski definition) is 1. The number of nitrogens with zero attached hydrogens (tertiary/aromatic N) is 2. The third-order valence-corrected chi connectivity index (χ3v) is 5.93. The molecule has 0 aromatic heterocycles. The number of benzene rings is 3. The number of amides is 1. The van der Waals surface area contributed by atoms with Crippen LogP contribution in [0.2, 0.25) is 0 Å². The summed E-state index contributed by atoms with van der Waals surface area (Å²) in [4.78, 5) is 17.2. The van der Waals surface area contributed by atoms with Crippen molar-refractivity contribution in [1.82, 2.24) is 9.80 Å². The van der Waals surface area contributed by atoms with Gasteiger partial charge in [-0.1, -0.05) is 30.3 Å². The van der Waals surface area contributed by atoms with Crippen molar-refractivity contribution in [2.45, 2.75) is 6.54 Å². The first kappa shape index (κ1) is 21.8. The highest BCUT2D eigenvalue weighted by Gasteiger charge is 2.25. The van der Waals surface area contributed by atoms with Gasteiger partial charge in [-0.3, -0.25) is 9.69 Å². The molecule has 1 heterocycles. The molecule has 0 atom stereocenters. The number of fused-ring (bicyclic) bond motifs is 1. The minimum Gasteiger partial charge on any atom is -0.507 e. The van der Waals surface area contributed by atoms with E-state index >= 15 is 0 Å². The van der Waals surface area contributed by atoms with E-state index in [0.717, 1.165) is 29.4 Å². The van der Waals surface area contributed by atoms with Gasteiger partial charge in [0.15, 0.2) is 11.5 Å². The zero-order chi connectivity index (χ0) is 22.7. The molecule has 0 unspecified atom stereocenters. The first-order chi connectivity index (χ1) is 15.5. The molecule has 1 amide bonds. The maximum atomic E-state index is 13.1. The molecular formula is C25H28N2O5. The third kappa shape index (κ3) is 4.16. The van der Waals surface area contributed by atoms with Gasteiger partial charge in [0.2, 0.25) is 5.75 Å². The van der Waals surface area contributed by atoms with E-state index in [1.165, 1.54) is 0 Å². The molecule has 1 fully saturated rings. The Bertz CT molecular complexity index is 1120. The summed E-state index contributed by atoms with van der Waals surface area (Å²) in [6, 6.07) is 15.0. The van der Waals surface area contributed by atoms with Gasteiger partial charge in [-0.15, -0.1) is 0 Å². The largest absolute Gasteiger partial charge is 0.507 e. The molecule has 3 aromatic rings. The Morgan fingerprint density at radius 2 is 1.53 bits per heavy atom. The lowest BCUT2D eigenvalue weighted by atomic mass is 10.0. The molecule has 7 heteroatoms. The van der Waals surface area contributed by atoms with E-state index in [0.29, 0.717) is 42.4 Å². The first-order valence-corrected chi connectivity index (χ1v) is 10.6. The molecule has 1 aliphatic heterocycles. The van der Waals surface area contributed by atoms with Crippen LogP contribution in [0.15, 0.2) is 48.5 Å². The van der Waals surface area contributed by atoms with Gasteiger partial charge in [-0.25, -0.2) is 0 Å². The Morgan fingerprint density at radius 3 is 2.16 bits per heavy atom. The van der Waals surface area contributed by atoms with Crippen molar-refractivity contribution < 1.29 is 24.1 Å². The summed E-state index contributed by atoms with van der Waals surface area (Å²) in [5, 5.41) is 12.3. The van der Waals surface area contributed by atoms with Crippen LogP contribution < -0.4 is 14.2 Å². The summed E-state index contributed by atoms with van der Waals surface area (Å²) in [6.45, 7) is 3.28. The van der Waals surface area contributed by atoms with Crippen LogP contribution in [0.25, 0.3) is 10.8 Å². The van der Waals surface area contributed by atoms with Crippen LogP contribution in [0.5, 0.6) is 23.0 Å². The average molecular weight is 437 g/mol. The fraction of sp³-hybridized carbons (Fsp3) is 0.320. The zero-order valence-corrected chi connectivity index (χ0v) is 18.6. The van der Waals surface area contributed by atoms with E-state index in [9.17, 15) is 9.90 Å². The van der Waals surface area contributed by atoms with Crippen molar-refractivity contribution in [3.05, 3.63) is 59.7 Å². The predicted octanol–water partition coefficient (Wildman–Crippen LogP) is 3.53. The van der Waals surface area contributed by atoms with E-state index in [-0.39, 0.29) is 11.7 Å². The Kier molecular flexibility index (Phi) is 6.37. The maximum absolute atomic E-state index is 13.1. The number of phenolic OH excluding ortho intramolecular Hbond substituents is 1. The van der Waals surface area contributed by atoms with Crippen LogP contribution in [0.3, 0.4) is 0 Å². The zero-order valence-electron chi connectivity index (χ0n) is 18.6. The third-order valence-electron chi connectivity index (χ3n) is 5.93. The summed E-state index contributed by atoms with van der Waals surface area (Å²) in [6.07, 6.45) is 0. The number of piperazine rings is 1. The molecular weight excluding hydrogens is 408 g/mol. The first-order valence-electron chi connectivity index (χ1n) is 10.6. The smallest absolute Gasteiger partial charge is 0.257 e. The Labute approximate surface area is 187 Å². The molecule has 7 nitrogen and oxygen atoms in total. The van der Waals surface area contributed by atoms with Gasteiger partial charge in [0.05, 0.1) is 26.9 Å². The number of methoxy groups -OCH3 is 3. The number of carbonyl (C=O) groups is 1. The summed E-state index contributed by atoms with van der Waals surface area (Å²) in [7, 11) is 4.81. The van der Waals surface area contributed by atoms with Crippen molar-refractivity contribution in [3.8, 4) is 23.0 Å². The van der Waals surface area contributed by atoms with Gasteiger partial charge >= 0.3 is 0 Å². The molecule has 32 heavy (non-hydrogen) atoms. The molecule has 1 N–H and O–H groups in total. The molecule has 0 aliphatic carbocycles. The van der Waals surface area contributed by atoms with E-state index in [2.05, 4.69) is 4.90 Å². The minimum absolute atomic E-state index is 0.0196. The lowest BCUT2D eigenvalue weighted by Crippen LogP contribution is -2.48. The topological polar surface area (TPSA) is 71.5 Å². The van der Waals surface area contributed by atoms with E-state index < -0.39 is 0 Å². The van der Waals surface area contributed by atoms with Crippen LogP contribution in [0.1, 0.15) is 15.9 Å². The van der Waals surface area contributed by atoms with Crippen LogP contribution in [-0.2, 0) is 6.54 Å². The van der Waals surface area contributed by atoms with E-state index in [4.69, 9.17) is 14.2 Å². The predicted molar refractivity (Wildman–Crippen MR) is 123 cm³/mol. The summed E-state index contributed by atoms with van der Waals surface area (Å²) in [5.74, 6) is 1.74. The molecule has 0 radical (unpaired) electrons. The fourth-order valence-electron chi connectivity index (χ4n) is 4.21. The second-order valence-corrected chi connectivity index (χ2v) is 7.78. The number of phenols is 1. The number of hydrogen-bond acceptors (Lipinski definition) is 6. The average Bonchev–Trinajstić information content (AvgIpc) is 2.83. The molecule has 3 aromatic carbocycles. The number of aromatic hydroxyl groups is 1. The second kappa shape index (κ2) is 9.36. The SMILES string of the molecule is COc1ccc(CN2CCN(C(=O)c3cc4ccccc4cc3O)CC2)c(OC)c1OC. The molecule has 0 bridgehead atoms. The highest BCUT2D eigenvalue weighted by molar-refractivity contribution is 6.01. The molecule has 0 saturated carbocycles. The van der Waals surface area contributed by atoms with Crippen molar-refractivity contribution in [2.24, 2.45) is 0 Å². The Balaban J connectivity index is 1.45. The van der Waals surface area contributed by atoms with Gasteiger partial charge < -0.3 is 24.2 Å². The summed E-state index contributed by atoms with van der Waals surface area (Å²) in [5.41, 5.74) is 1.34. The summed E-state index contributed by atoms with van der Waals surface area (Å²) >= 11 is 0. The van der Waals surface area contributed by atoms with Gasteiger partial charge in [0, 0.05) is 38.3 Å². The Hall–Kier alpha value is -3.45. The molecule has 0 spiro atoms. The number of rotatable bonds is 6. The van der Waals surface area contributed by atoms with Crippen LogP contribution in [0, 0.1) is 0 Å². The monoisotopic (exact) mass is 436 g/mol. The van der Waals surface area contributed by atoms with Crippen LogP contribution in [0.4, 0.5) is 0 Å².